The lowest BCUT2D eigenvalue weighted by Crippen LogP contribution is -2.47. The summed E-state index contributed by atoms with van der Waals surface area (Å²) in [5, 5.41) is 5.84. The van der Waals surface area contributed by atoms with Gasteiger partial charge in [-0.15, -0.1) is 11.3 Å². The van der Waals surface area contributed by atoms with Crippen LogP contribution in [0.4, 0.5) is 9.93 Å². The summed E-state index contributed by atoms with van der Waals surface area (Å²) in [7, 11) is 0. The van der Waals surface area contributed by atoms with Crippen LogP contribution >= 0.6 is 11.3 Å². The number of ether oxygens (including phenoxy) is 1. The maximum absolute atomic E-state index is 12.2. The van der Waals surface area contributed by atoms with Gasteiger partial charge in [0.1, 0.15) is 6.04 Å². The monoisotopic (exact) mass is 299 g/mol. The highest BCUT2D eigenvalue weighted by atomic mass is 32.1. The molecular weight excluding hydrogens is 278 g/mol. The summed E-state index contributed by atoms with van der Waals surface area (Å²) in [6.45, 7) is 9.52. The molecule has 1 atom stereocenters. The van der Waals surface area contributed by atoms with E-state index in [-0.39, 0.29) is 18.4 Å². The Balaban J connectivity index is 2.71. The van der Waals surface area contributed by atoms with Gasteiger partial charge in [0.15, 0.2) is 5.13 Å². The van der Waals surface area contributed by atoms with Crippen LogP contribution in [-0.2, 0) is 9.53 Å². The first kappa shape index (κ1) is 16.4. The minimum Gasteiger partial charge on any atom is -0.450 e. The van der Waals surface area contributed by atoms with E-state index in [2.05, 4.69) is 15.6 Å². The molecule has 0 saturated heterocycles. The Morgan fingerprint density at radius 1 is 1.35 bits per heavy atom. The topological polar surface area (TPSA) is 80.3 Å². The fourth-order valence-electron chi connectivity index (χ4n) is 1.54. The number of carbonyl (C=O) groups is 2. The fourth-order valence-corrected chi connectivity index (χ4v) is 2.36. The molecule has 1 rings (SSSR count). The Morgan fingerprint density at radius 3 is 2.45 bits per heavy atom. The van der Waals surface area contributed by atoms with Crippen molar-refractivity contribution in [1.82, 2.24) is 10.3 Å². The van der Waals surface area contributed by atoms with Crippen LogP contribution in [0.15, 0.2) is 0 Å². The van der Waals surface area contributed by atoms with E-state index in [9.17, 15) is 9.59 Å². The number of aryl methyl sites for hydroxylation is 2. The number of alkyl carbamates (subject to hydrolysis) is 1. The molecule has 1 aromatic rings. The van der Waals surface area contributed by atoms with Gasteiger partial charge in [-0.2, -0.15) is 0 Å². The van der Waals surface area contributed by atoms with Gasteiger partial charge in [-0.1, -0.05) is 13.8 Å². The minimum absolute atomic E-state index is 0.0541. The minimum atomic E-state index is -0.654. The summed E-state index contributed by atoms with van der Waals surface area (Å²) in [5.74, 6) is -0.344. The van der Waals surface area contributed by atoms with E-state index < -0.39 is 12.1 Å². The summed E-state index contributed by atoms with van der Waals surface area (Å²) in [4.78, 5) is 29.0. The normalized spacial score (nSPS) is 12.1. The van der Waals surface area contributed by atoms with Gasteiger partial charge in [-0.05, 0) is 26.7 Å². The van der Waals surface area contributed by atoms with Gasteiger partial charge in [-0.3, -0.25) is 4.79 Å². The lowest BCUT2D eigenvalue weighted by Gasteiger charge is -2.20. The van der Waals surface area contributed by atoms with Crippen molar-refractivity contribution in [3.05, 3.63) is 10.6 Å². The lowest BCUT2D eigenvalue weighted by atomic mass is 10.0. The van der Waals surface area contributed by atoms with Crippen LogP contribution < -0.4 is 10.6 Å². The highest BCUT2D eigenvalue weighted by Gasteiger charge is 2.25. The quantitative estimate of drug-likeness (QED) is 0.875. The van der Waals surface area contributed by atoms with Crippen molar-refractivity contribution < 1.29 is 14.3 Å². The zero-order chi connectivity index (χ0) is 15.3. The summed E-state index contributed by atoms with van der Waals surface area (Å²) in [6.07, 6.45) is -0.590. The molecule has 112 valence electrons. The third kappa shape index (κ3) is 4.48. The average molecular weight is 299 g/mol. The maximum atomic E-state index is 12.2. The van der Waals surface area contributed by atoms with Gasteiger partial charge in [0.2, 0.25) is 5.91 Å². The molecule has 6 nitrogen and oxygen atoms in total. The van der Waals surface area contributed by atoms with Crippen molar-refractivity contribution in [3.63, 3.8) is 0 Å². The first-order valence-electron chi connectivity index (χ1n) is 6.53. The van der Waals surface area contributed by atoms with Gasteiger partial charge >= 0.3 is 6.09 Å². The van der Waals surface area contributed by atoms with Gasteiger partial charge in [0.25, 0.3) is 0 Å². The predicted molar refractivity (Wildman–Crippen MR) is 79.0 cm³/mol. The second kappa shape index (κ2) is 7.23. The number of carbonyl (C=O) groups excluding carboxylic acids is 2. The van der Waals surface area contributed by atoms with Crippen molar-refractivity contribution >= 4 is 28.5 Å². The van der Waals surface area contributed by atoms with Crippen molar-refractivity contribution in [2.24, 2.45) is 5.92 Å². The van der Waals surface area contributed by atoms with E-state index in [1.807, 2.05) is 27.7 Å². The molecule has 0 aromatic carbocycles. The van der Waals surface area contributed by atoms with E-state index in [0.717, 1.165) is 10.6 Å². The first-order valence-corrected chi connectivity index (χ1v) is 7.35. The average Bonchev–Trinajstić information content (AvgIpc) is 2.65. The van der Waals surface area contributed by atoms with Crippen molar-refractivity contribution in [3.8, 4) is 0 Å². The molecule has 0 bridgehead atoms. The standard InChI is InChI=1S/C13H21N3O3S/c1-6-19-13(18)15-10(7(2)3)11(17)16-12-14-8(4)9(5)20-12/h7,10H,6H2,1-5H3,(H,15,18)(H,14,16,17)/t10-/m0/s1. The molecule has 0 fully saturated rings. The van der Waals surface area contributed by atoms with Crippen molar-refractivity contribution in [2.45, 2.75) is 40.7 Å². The van der Waals surface area contributed by atoms with Gasteiger partial charge < -0.3 is 15.4 Å². The number of hydrogen-bond donors (Lipinski definition) is 2. The van der Waals surface area contributed by atoms with Gasteiger partial charge in [-0.25, -0.2) is 9.78 Å². The number of nitrogens with zero attached hydrogens (tertiary/aromatic N) is 1. The number of amides is 2. The van der Waals surface area contributed by atoms with Crippen LogP contribution in [0.1, 0.15) is 31.3 Å². The van der Waals surface area contributed by atoms with Crippen LogP contribution in [0.5, 0.6) is 0 Å². The van der Waals surface area contributed by atoms with E-state index in [4.69, 9.17) is 4.74 Å². The Morgan fingerprint density at radius 2 is 2.00 bits per heavy atom. The number of nitrogens with one attached hydrogen (secondary N) is 2. The number of hydrogen-bond acceptors (Lipinski definition) is 5. The van der Waals surface area contributed by atoms with E-state index in [1.54, 1.807) is 6.92 Å². The van der Waals surface area contributed by atoms with Crippen LogP contribution in [0.3, 0.4) is 0 Å². The van der Waals surface area contributed by atoms with Gasteiger partial charge in [0, 0.05) is 4.88 Å². The third-order valence-electron chi connectivity index (χ3n) is 2.76. The van der Waals surface area contributed by atoms with Crippen LogP contribution in [0.25, 0.3) is 0 Å². The van der Waals surface area contributed by atoms with E-state index >= 15 is 0 Å². The summed E-state index contributed by atoms with van der Waals surface area (Å²) >= 11 is 1.41. The molecule has 2 N–H and O–H groups in total. The summed E-state index contributed by atoms with van der Waals surface area (Å²) in [6, 6.07) is -0.654. The molecule has 0 aliphatic rings. The predicted octanol–water partition coefficient (Wildman–Crippen LogP) is 2.47. The SMILES string of the molecule is CCOC(=O)N[C@H](C(=O)Nc1nc(C)c(C)s1)C(C)C. The Bertz CT molecular complexity index is 466. The molecule has 0 radical (unpaired) electrons. The van der Waals surface area contributed by atoms with E-state index in [0.29, 0.717) is 5.13 Å². The molecule has 0 saturated carbocycles. The smallest absolute Gasteiger partial charge is 0.407 e. The van der Waals surface area contributed by atoms with Crippen molar-refractivity contribution in [2.75, 3.05) is 11.9 Å². The van der Waals surface area contributed by atoms with Crippen LogP contribution in [0, 0.1) is 19.8 Å². The number of aromatic nitrogens is 1. The summed E-state index contributed by atoms with van der Waals surface area (Å²) in [5.41, 5.74) is 0.893. The van der Waals surface area contributed by atoms with Crippen LogP contribution in [0.2, 0.25) is 0 Å². The number of anilines is 1. The number of thiazole rings is 1. The molecule has 7 heteroatoms. The highest BCUT2D eigenvalue weighted by molar-refractivity contribution is 7.15. The first-order chi connectivity index (χ1) is 9.35. The Labute approximate surface area is 122 Å². The lowest BCUT2D eigenvalue weighted by molar-refractivity contribution is -0.119. The maximum Gasteiger partial charge on any atom is 0.407 e. The van der Waals surface area contributed by atoms with E-state index in [1.165, 1.54) is 11.3 Å². The Kier molecular flexibility index (Phi) is 5.94. The molecule has 20 heavy (non-hydrogen) atoms. The zero-order valence-electron chi connectivity index (χ0n) is 12.4. The number of rotatable bonds is 5. The zero-order valence-corrected chi connectivity index (χ0v) is 13.3. The van der Waals surface area contributed by atoms with Gasteiger partial charge in [0.05, 0.1) is 12.3 Å². The molecule has 0 aliphatic heterocycles. The highest BCUT2D eigenvalue weighted by Crippen LogP contribution is 2.21. The third-order valence-corrected chi connectivity index (χ3v) is 3.74. The van der Waals surface area contributed by atoms with Crippen molar-refractivity contribution in [1.29, 1.82) is 0 Å². The molecule has 1 aromatic heterocycles. The fraction of sp³-hybridized carbons (Fsp3) is 0.615. The molecule has 0 aliphatic carbocycles. The van der Waals surface area contributed by atoms with Crippen LogP contribution in [-0.4, -0.2) is 29.6 Å². The molecule has 2 amide bonds. The second-order valence-corrected chi connectivity index (χ2v) is 5.94. The molecule has 0 spiro atoms. The molecular formula is C13H21N3O3S. The molecule has 0 unspecified atom stereocenters. The Hall–Kier alpha value is -1.63. The second-order valence-electron chi connectivity index (χ2n) is 4.74. The summed E-state index contributed by atoms with van der Waals surface area (Å²) < 4.78 is 4.80. The molecule has 1 heterocycles. The largest absolute Gasteiger partial charge is 0.450 e.